The molecule has 26 heavy (non-hydrogen) atoms. The molecule has 0 saturated heterocycles. The summed E-state index contributed by atoms with van der Waals surface area (Å²) in [7, 11) is 0. The smallest absolute Gasteiger partial charge is 0.307 e. The highest BCUT2D eigenvalue weighted by molar-refractivity contribution is 8.01. The van der Waals surface area contributed by atoms with Crippen LogP contribution < -0.4 is 5.32 Å². The van der Waals surface area contributed by atoms with Crippen LogP contribution in [0.4, 0.5) is 5.69 Å². The van der Waals surface area contributed by atoms with E-state index < -0.39 is 11.2 Å². The summed E-state index contributed by atoms with van der Waals surface area (Å²) in [6, 6.07) is 13.1. The molecule has 1 N–H and O–H groups in total. The van der Waals surface area contributed by atoms with E-state index in [1.54, 1.807) is 17.4 Å². The number of fused-ring (bicyclic) bond motifs is 1. The van der Waals surface area contributed by atoms with Crippen LogP contribution in [0.15, 0.2) is 57.3 Å². The summed E-state index contributed by atoms with van der Waals surface area (Å²) in [5, 5.41) is 8.16. The zero-order valence-corrected chi connectivity index (χ0v) is 15.1. The molecular formula is C18H14N2O4S2. The zero-order valence-electron chi connectivity index (χ0n) is 13.5. The van der Waals surface area contributed by atoms with Crippen molar-refractivity contribution in [3.63, 3.8) is 0 Å². The van der Waals surface area contributed by atoms with E-state index in [0.717, 1.165) is 15.5 Å². The van der Waals surface area contributed by atoms with Gasteiger partial charge in [0.1, 0.15) is 12.3 Å². The number of carbonyl (C=O) groups excluding carboxylic acids is 2. The summed E-state index contributed by atoms with van der Waals surface area (Å²) in [5.74, 6) is 0.00893. The van der Waals surface area contributed by atoms with Gasteiger partial charge in [-0.1, -0.05) is 23.4 Å². The predicted molar refractivity (Wildman–Crippen MR) is 98.9 cm³/mol. The third kappa shape index (κ3) is 3.66. The molecular weight excluding hydrogens is 372 g/mol. The molecule has 0 unspecified atom stereocenters. The molecule has 0 bridgehead atoms. The highest BCUT2D eigenvalue weighted by atomic mass is 32.2. The van der Waals surface area contributed by atoms with Gasteiger partial charge in [-0.05, 0) is 23.6 Å². The summed E-state index contributed by atoms with van der Waals surface area (Å²) in [6.07, 6.45) is 0.000464. The van der Waals surface area contributed by atoms with Gasteiger partial charge in [0.25, 0.3) is 0 Å². The Bertz CT molecular complexity index is 936. The van der Waals surface area contributed by atoms with Crippen molar-refractivity contribution in [1.29, 1.82) is 0 Å². The Morgan fingerprint density at radius 2 is 2.15 bits per heavy atom. The molecule has 0 radical (unpaired) electrons. The largest absolute Gasteiger partial charge is 0.459 e. The van der Waals surface area contributed by atoms with E-state index in [4.69, 9.17) is 9.26 Å². The van der Waals surface area contributed by atoms with Gasteiger partial charge >= 0.3 is 5.97 Å². The van der Waals surface area contributed by atoms with E-state index in [9.17, 15) is 9.59 Å². The number of aromatic nitrogens is 1. The van der Waals surface area contributed by atoms with Crippen molar-refractivity contribution in [3.8, 4) is 10.6 Å². The number of amides is 1. The SMILES string of the molecule is O=C(C[C@@H]1Sc2ccccc2NC1=O)OCc1cc(-c2cccs2)on1. The molecule has 3 aromatic rings. The van der Waals surface area contributed by atoms with Gasteiger partial charge in [-0.3, -0.25) is 9.59 Å². The van der Waals surface area contributed by atoms with E-state index in [1.807, 2.05) is 41.8 Å². The van der Waals surface area contributed by atoms with Crippen molar-refractivity contribution in [2.45, 2.75) is 23.2 Å². The van der Waals surface area contributed by atoms with Gasteiger partial charge in [0, 0.05) is 11.0 Å². The molecule has 0 fully saturated rings. The van der Waals surface area contributed by atoms with Crippen LogP contribution in [0.2, 0.25) is 0 Å². The van der Waals surface area contributed by atoms with Crippen molar-refractivity contribution in [2.24, 2.45) is 0 Å². The van der Waals surface area contributed by atoms with Crippen LogP contribution in [0.5, 0.6) is 0 Å². The van der Waals surface area contributed by atoms with Gasteiger partial charge in [0.2, 0.25) is 5.91 Å². The topological polar surface area (TPSA) is 81.4 Å². The lowest BCUT2D eigenvalue weighted by atomic mass is 10.2. The Balaban J connectivity index is 1.33. The fraction of sp³-hybridized carbons (Fsp3) is 0.167. The second-order valence-corrected chi connectivity index (χ2v) is 7.81. The number of ether oxygens (including phenoxy) is 1. The molecule has 1 amide bonds. The minimum Gasteiger partial charge on any atom is -0.459 e. The average Bonchev–Trinajstić information content (AvgIpc) is 3.32. The first-order valence-corrected chi connectivity index (χ1v) is 9.66. The molecule has 1 aliphatic rings. The molecule has 1 aromatic carbocycles. The zero-order chi connectivity index (χ0) is 17.9. The first-order valence-electron chi connectivity index (χ1n) is 7.91. The normalized spacial score (nSPS) is 16.0. The number of para-hydroxylation sites is 1. The van der Waals surface area contributed by atoms with Crippen molar-refractivity contribution in [1.82, 2.24) is 5.16 Å². The van der Waals surface area contributed by atoms with E-state index in [-0.39, 0.29) is 18.9 Å². The summed E-state index contributed by atoms with van der Waals surface area (Å²) in [5.41, 5.74) is 1.31. The maximum atomic E-state index is 12.1. The number of benzene rings is 1. The van der Waals surface area contributed by atoms with E-state index >= 15 is 0 Å². The number of nitrogens with zero attached hydrogens (tertiary/aromatic N) is 1. The summed E-state index contributed by atoms with van der Waals surface area (Å²) < 4.78 is 10.5. The second-order valence-electron chi connectivity index (χ2n) is 5.62. The maximum absolute atomic E-state index is 12.1. The molecule has 0 saturated carbocycles. The van der Waals surface area contributed by atoms with Gasteiger partial charge in [-0.15, -0.1) is 23.1 Å². The van der Waals surface area contributed by atoms with Crippen molar-refractivity contribution in [2.75, 3.05) is 5.32 Å². The fourth-order valence-corrected chi connectivity index (χ4v) is 4.27. The lowest BCUT2D eigenvalue weighted by molar-refractivity contribution is -0.145. The molecule has 2 aromatic heterocycles. The predicted octanol–water partition coefficient (Wildman–Crippen LogP) is 3.95. The highest BCUT2D eigenvalue weighted by Gasteiger charge is 2.29. The third-order valence-corrected chi connectivity index (χ3v) is 5.92. The second kappa shape index (κ2) is 7.35. The van der Waals surface area contributed by atoms with Gasteiger partial charge in [0.05, 0.1) is 22.2 Å². The van der Waals surface area contributed by atoms with Crippen LogP contribution >= 0.6 is 23.1 Å². The Morgan fingerprint density at radius 1 is 1.27 bits per heavy atom. The average molecular weight is 386 g/mol. The highest BCUT2D eigenvalue weighted by Crippen LogP contribution is 2.36. The number of hydrogen-bond donors (Lipinski definition) is 1. The number of anilines is 1. The fourth-order valence-electron chi connectivity index (χ4n) is 2.51. The van der Waals surface area contributed by atoms with Gasteiger partial charge in [-0.25, -0.2) is 0 Å². The number of thiophene rings is 1. The lowest BCUT2D eigenvalue weighted by Gasteiger charge is -2.23. The molecule has 0 aliphatic carbocycles. The van der Waals surface area contributed by atoms with Crippen molar-refractivity contribution < 1.29 is 18.8 Å². The summed E-state index contributed by atoms with van der Waals surface area (Å²) in [4.78, 5) is 26.1. The molecule has 1 atom stereocenters. The van der Waals surface area contributed by atoms with Gasteiger partial charge < -0.3 is 14.6 Å². The number of nitrogens with one attached hydrogen (secondary N) is 1. The van der Waals surface area contributed by atoms with Gasteiger partial charge in [-0.2, -0.15) is 0 Å². The van der Waals surface area contributed by atoms with Gasteiger partial charge in [0.15, 0.2) is 5.76 Å². The van der Waals surface area contributed by atoms with Crippen LogP contribution in [-0.4, -0.2) is 22.3 Å². The van der Waals surface area contributed by atoms with Crippen LogP contribution in [-0.2, 0) is 20.9 Å². The molecule has 1 aliphatic heterocycles. The first-order chi connectivity index (χ1) is 12.7. The summed E-state index contributed by atoms with van der Waals surface area (Å²) >= 11 is 2.91. The molecule has 0 spiro atoms. The van der Waals surface area contributed by atoms with Crippen LogP contribution in [0, 0.1) is 0 Å². The number of hydrogen-bond acceptors (Lipinski definition) is 7. The Morgan fingerprint density at radius 3 is 3.00 bits per heavy atom. The summed E-state index contributed by atoms with van der Waals surface area (Å²) in [6.45, 7) is 0.0172. The molecule has 4 rings (SSSR count). The Kier molecular flexibility index (Phi) is 4.77. The maximum Gasteiger partial charge on any atom is 0.307 e. The van der Waals surface area contributed by atoms with Crippen LogP contribution in [0.25, 0.3) is 10.6 Å². The van der Waals surface area contributed by atoms with Crippen LogP contribution in [0.1, 0.15) is 12.1 Å². The number of carbonyl (C=O) groups is 2. The first kappa shape index (κ1) is 16.9. The van der Waals surface area contributed by atoms with Crippen molar-refractivity contribution >= 4 is 40.7 Å². The van der Waals surface area contributed by atoms with E-state index in [2.05, 4.69) is 10.5 Å². The molecule has 3 heterocycles. The van der Waals surface area contributed by atoms with E-state index in [0.29, 0.717) is 11.5 Å². The molecule has 132 valence electrons. The monoisotopic (exact) mass is 386 g/mol. The van der Waals surface area contributed by atoms with Crippen molar-refractivity contribution in [3.05, 3.63) is 53.5 Å². The lowest BCUT2D eigenvalue weighted by Crippen LogP contribution is -2.31. The molecule has 8 heteroatoms. The standard InChI is InChI=1S/C18H14N2O4S2/c21-17(9-16-18(22)19-12-4-1-2-5-14(12)26-16)23-10-11-8-13(24-20-11)15-6-3-7-25-15/h1-8,16H,9-10H2,(H,19,22)/t16-/m0/s1. The Labute approximate surface area is 157 Å². The number of thioether (sulfide) groups is 1. The third-order valence-electron chi connectivity index (χ3n) is 3.76. The van der Waals surface area contributed by atoms with Crippen LogP contribution in [0.3, 0.4) is 0 Å². The molecule has 6 nitrogen and oxygen atoms in total. The quantitative estimate of drug-likeness (QED) is 0.669. The Hall–Kier alpha value is -2.58. The number of esters is 1. The minimum atomic E-state index is -0.503. The van der Waals surface area contributed by atoms with E-state index in [1.165, 1.54) is 11.8 Å². The minimum absolute atomic E-state index is 0.000464. The number of rotatable bonds is 5.